The van der Waals surface area contributed by atoms with Gasteiger partial charge in [-0.2, -0.15) is 0 Å². The number of hydrogen-bond acceptors (Lipinski definition) is 7. The molecule has 1 fully saturated rings. The summed E-state index contributed by atoms with van der Waals surface area (Å²) in [6.07, 6.45) is 3.85. The van der Waals surface area contributed by atoms with Gasteiger partial charge >= 0.3 is 6.09 Å². The van der Waals surface area contributed by atoms with Crippen molar-refractivity contribution in [2.24, 2.45) is 0 Å². The molecule has 3 rings (SSSR count). The van der Waals surface area contributed by atoms with Gasteiger partial charge < -0.3 is 19.9 Å². The van der Waals surface area contributed by atoms with Gasteiger partial charge in [0.1, 0.15) is 11.3 Å². The number of hydrogen-bond donors (Lipinski definition) is 1. The predicted molar refractivity (Wildman–Crippen MR) is 128 cm³/mol. The fraction of sp³-hybridized carbons (Fsp3) is 0.524. The molecule has 0 unspecified atom stereocenters. The maximum absolute atomic E-state index is 12.6. The maximum atomic E-state index is 12.6. The number of amides is 2. The van der Waals surface area contributed by atoms with E-state index in [0.717, 1.165) is 12.1 Å². The topological polar surface area (TPSA) is 87.7 Å². The minimum absolute atomic E-state index is 0. The molecule has 170 valence electrons. The molecule has 0 radical (unpaired) electrons. The Balaban J connectivity index is 0.00000341. The standard InChI is InChI=1S/C20H26BrN5O3S.CH4/c1-5-13-11-25(8-9-26(13)19(28)29-20(2,3)4)16-6-7-22-10-14(16)23-17(27)15-12-30-18(21)24-15;/h6-7,10,12-13H,5,8-9,11H2,1-4H3,(H,23,27);1H4/t13-;/m1./s1. The van der Waals surface area contributed by atoms with Crippen molar-refractivity contribution in [1.29, 1.82) is 0 Å². The number of carbonyl (C=O) groups excluding carboxylic acids is 2. The van der Waals surface area contributed by atoms with Gasteiger partial charge in [-0.15, -0.1) is 11.3 Å². The van der Waals surface area contributed by atoms with E-state index in [4.69, 9.17) is 4.74 Å². The lowest BCUT2D eigenvalue weighted by Gasteiger charge is -2.42. The molecule has 2 amide bonds. The van der Waals surface area contributed by atoms with E-state index in [2.05, 4.69) is 43.0 Å². The molecule has 0 saturated carbocycles. The third kappa shape index (κ3) is 6.39. The van der Waals surface area contributed by atoms with Gasteiger partial charge in [0.15, 0.2) is 3.92 Å². The number of ether oxygens (including phenoxy) is 1. The van der Waals surface area contributed by atoms with E-state index in [9.17, 15) is 9.59 Å². The van der Waals surface area contributed by atoms with Gasteiger partial charge in [0.25, 0.3) is 5.91 Å². The zero-order valence-electron chi connectivity index (χ0n) is 17.5. The van der Waals surface area contributed by atoms with Crippen LogP contribution in [0.5, 0.6) is 0 Å². The quantitative estimate of drug-likeness (QED) is 0.619. The first-order valence-electron chi connectivity index (χ1n) is 9.79. The molecule has 10 heteroatoms. The summed E-state index contributed by atoms with van der Waals surface area (Å²) in [5, 5.41) is 4.61. The molecule has 0 bridgehead atoms. The molecular formula is C21H30BrN5O3S. The molecule has 1 aliphatic heterocycles. The van der Waals surface area contributed by atoms with Gasteiger partial charge in [-0.05, 0) is 49.2 Å². The van der Waals surface area contributed by atoms with Crippen LogP contribution in [0.2, 0.25) is 0 Å². The molecule has 3 heterocycles. The number of nitrogens with zero attached hydrogens (tertiary/aromatic N) is 4. The number of halogens is 1. The highest BCUT2D eigenvalue weighted by molar-refractivity contribution is 9.11. The zero-order chi connectivity index (χ0) is 21.9. The van der Waals surface area contributed by atoms with E-state index in [1.54, 1.807) is 22.7 Å². The van der Waals surface area contributed by atoms with Crippen LogP contribution in [0.15, 0.2) is 27.8 Å². The highest BCUT2D eigenvalue weighted by Crippen LogP contribution is 2.29. The minimum atomic E-state index is -0.528. The summed E-state index contributed by atoms with van der Waals surface area (Å²) in [5.74, 6) is -0.286. The second kappa shape index (κ2) is 10.4. The number of carbonyl (C=O) groups is 2. The average Bonchev–Trinajstić information content (AvgIpc) is 3.13. The fourth-order valence-corrected chi connectivity index (χ4v) is 4.28. The van der Waals surface area contributed by atoms with Crippen LogP contribution in [0.4, 0.5) is 16.2 Å². The number of thiazole rings is 1. The predicted octanol–water partition coefficient (Wildman–Crippen LogP) is 5.02. The Hall–Kier alpha value is -2.20. The van der Waals surface area contributed by atoms with Gasteiger partial charge in [0.2, 0.25) is 0 Å². The van der Waals surface area contributed by atoms with Gasteiger partial charge in [-0.1, -0.05) is 14.4 Å². The van der Waals surface area contributed by atoms with Crippen molar-refractivity contribution in [2.45, 2.75) is 53.2 Å². The lowest BCUT2D eigenvalue weighted by molar-refractivity contribution is 0.0137. The molecule has 8 nitrogen and oxygen atoms in total. The number of rotatable bonds is 4. The Morgan fingerprint density at radius 3 is 2.71 bits per heavy atom. The maximum Gasteiger partial charge on any atom is 0.410 e. The first kappa shape index (κ1) is 25.1. The van der Waals surface area contributed by atoms with Gasteiger partial charge in [-0.25, -0.2) is 9.78 Å². The number of anilines is 2. The van der Waals surface area contributed by atoms with Crippen LogP contribution in [-0.4, -0.2) is 58.1 Å². The monoisotopic (exact) mass is 511 g/mol. The Labute approximate surface area is 196 Å². The van der Waals surface area contributed by atoms with Gasteiger partial charge in [-0.3, -0.25) is 9.78 Å². The lowest BCUT2D eigenvalue weighted by Crippen LogP contribution is -2.56. The van der Waals surface area contributed by atoms with Crippen LogP contribution >= 0.6 is 27.3 Å². The number of piperazine rings is 1. The second-order valence-corrected chi connectivity index (χ2v) is 10.1. The van der Waals surface area contributed by atoms with Crippen LogP contribution in [0, 0.1) is 0 Å². The SMILES string of the molecule is C.CC[C@@H]1CN(c2ccncc2NC(=O)c2csc(Br)n2)CCN1C(=O)OC(C)(C)C. The Morgan fingerprint density at radius 1 is 1.35 bits per heavy atom. The van der Waals surface area contributed by atoms with E-state index < -0.39 is 5.60 Å². The Bertz CT molecular complexity index is 914. The van der Waals surface area contributed by atoms with Crippen molar-refractivity contribution < 1.29 is 14.3 Å². The van der Waals surface area contributed by atoms with E-state index in [0.29, 0.717) is 34.9 Å². The highest BCUT2D eigenvalue weighted by Gasteiger charge is 2.33. The first-order valence-corrected chi connectivity index (χ1v) is 11.5. The van der Waals surface area contributed by atoms with Crippen LogP contribution in [0.25, 0.3) is 0 Å². The smallest absolute Gasteiger partial charge is 0.410 e. The molecule has 0 aromatic carbocycles. The van der Waals surface area contributed by atoms with Gasteiger partial charge in [0, 0.05) is 31.2 Å². The summed E-state index contributed by atoms with van der Waals surface area (Å²) in [4.78, 5) is 37.5. The molecule has 1 saturated heterocycles. The minimum Gasteiger partial charge on any atom is -0.444 e. The largest absolute Gasteiger partial charge is 0.444 e. The highest BCUT2D eigenvalue weighted by atomic mass is 79.9. The number of nitrogens with one attached hydrogen (secondary N) is 1. The summed E-state index contributed by atoms with van der Waals surface area (Å²) in [5.41, 5.74) is 1.31. The zero-order valence-corrected chi connectivity index (χ0v) is 19.9. The van der Waals surface area contributed by atoms with Crippen LogP contribution < -0.4 is 10.2 Å². The average molecular weight is 512 g/mol. The summed E-state index contributed by atoms with van der Waals surface area (Å²) in [6, 6.07) is 1.89. The molecule has 0 spiro atoms. The third-order valence-electron chi connectivity index (χ3n) is 4.68. The van der Waals surface area contributed by atoms with Crippen LogP contribution in [0.1, 0.15) is 52.0 Å². The number of pyridine rings is 1. The van der Waals surface area contributed by atoms with E-state index in [-0.39, 0.29) is 25.5 Å². The van der Waals surface area contributed by atoms with Crippen molar-refractivity contribution >= 4 is 50.6 Å². The van der Waals surface area contributed by atoms with E-state index in [1.165, 1.54) is 11.3 Å². The van der Waals surface area contributed by atoms with E-state index >= 15 is 0 Å². The molecule has 31 heavy (non-hydrogen) atoms. The Morgan fingerprint density at radius 2 is 2.10 bits per heavy atom. The van der Waals surface area contributed by atoms with Gasteiger partial charge in [0.05, 0.1) is 23.6 Å². The van der Waals surface area contributed by atoms with Crippen molar-refractivity contribution in [3.8, 4) is 0 Å². The third-order valence-corrected chi connectivity index (χ3v) is 6.04. The summed E-state index contributed by atoms with van der Waals surface area (Å²) in [7, 11) is 0. The van der Waals surface area contributed by atoms with Crippen LogP contribution in [-0.2, 0) is 4.74 Å². The normalized spacial score (nSPS) is 16.5. The summed E-state index contributed by atoms with van der Waals surface area (Å²) < 4.78 is 6.22. The first-order chi connectivity index (χ1) is 14.2. The van der Waals surface area contributed by atoms with Crippen molar-refractivity contribution in [3.05, 3.63) is 33.5 Å². The van der Waals surface area contributed by atoms with Crippen molar-refractivity contribution in [3.63, 3.8) is 0 Å². The molecule has 1 atom stereocenters. The molecule has 1 N–H and O–H groups in total. The summed E-state index contributed by atoms with van der Waals surface area (Å²) in [6.45, 7) is 9.48. The van der Waals surface area contributed by atoms with Crippen molar-refractivity contribution in [2.75, 3.05) is 29.9 Å². The summed E-state index contributed by atoms with van der Waals surface area (Å²) >= 11 is 4.63. The Kier molecular flexibility index (Phi) is 8.41. The van der Waals surface area contributed by atoms with E-state index in [1.807, 2.05) is 26.8 Å². The molecule has 1 aliphatic rings. The molecule has 0 aliphatic carbocycles. The molecule has 2 aromatic heterocycles. The fourth-order valence-electron chi connectivity index (χ4n) is 3.29. The second-order valence-electron chi connectivity index (χ2n) is 8.01. The van der Waals surface area contributed by atoms with Crippen molar-refractivity contribution in [1.82, 2.24) is 14.9 Å². The lowest BCUT2D eigenvalue weighted by atomic mass is 10.1. The molecule has 2 aromatic rings. The molecular weight excluding hydrogens is 482 g/mol. The van der Waals surface area contributed by atoms with Crippen LogP contribution in [0.3, 0.4) is 0 Å². The number of aromatic nitrogens is 2.